The predicted molar refractivity (Wildman–Crippen MR) is 61.4 cm³/mol. The average Bonchev–Trinajstić information content (AvgIpc) is 2.92. The Bertz CT molecular complexity index is 345. The summed E-state index contributed by atoms with van der Waals surface area (Å²) in [5, 5.41) is 3.36. The van der Waals surface area contributed by atoms with Gasteiger partial charge in [0, 0.05) is 12.2 Å². The first-order valence-corrected chi connectivity index (χ1v) is 5.55. The van der Waals surface area contributed by atoms with E-state index in [1.807, 2.05) is 13.1 Å². The van der Waals surface area contributed by atoms with Crippen molar-refractivity contribution in [1.82, 2.24) is 4.98 Å². The van der Waals surface area contributed by atoms with Crippen molar-refractivity contribution in [2.45, 2.75) is 45.8 Å². The summed E-state index contributed by atoms with van der Waals surface area (Å²) in [6.07, 6.45) is 4.57. The molecule has 0 amide bonds. The van der Waals surface area contributed by atoms with Gasteiger partial charge in [0.2, 0.25) is 5.88 Å². The molecular formula is C12H18N2O. The van der Waals surface area contributed by atoms with Crippen LogP contribution in [0, 0.1) is 6.92 Å². The maximum absolute atomic E-state index is 5.74. The highest BCUT2D eigenvalue weighted by atomic mass is 16.5. The Morgan fingerprint density at radius 1 is 1.47 bits per heavy atom. The normalized spacial score (nSPS) is 15.5. The van der Waals surface area contributed by atoms with Gasteiger partial charge in [0.25, 0.3) is 0 Å². The van der Waals surface area contributed by atoms with E-state index in [1.165, 1.54) is 0 Å². The zero-order chi connectivity index (χ0) is 10.8. The largest absolute Gasteiger partial charge is 0.473 e. The third-order valence-electron chi connectivity index (χ3n) is 2.23. The molecule has 0 saturated heterocycles. The van der Waals surface area contributed by atoms with Crippen molar-refractivity contribution in [3.63, 3.8) is 0 Å². The van der Waals surface area contributed by atoms with E-state index in [4.69, 9.17) is 4.74 Å². The Kier molecular flexibility index (Phi) is 2.80. The third kappa shape index (κ3) is 2.85. The molecule has 1 heterocycles. The van der Waals surface area contributed by atoms with Gasteiger partial charge in [0.15, 0.2) is 0 Å². The second-order valence-electron chi connectivity index (χ2n) is 4.48. The average molecular weight is 206 g/mol. The van der Waals surface area contributed by atoms with Gasteiger partial charge in [-0.25, -0.2) is 4.98 Å². The summed E-state index contributed by atoms with van der Waals surface area (Å²) >= 11 is 0. The van der Waals surface area contributed by atoms with Crippen LogP contribution in [0.5, 0.6) is 5.88 Å². The molecule has 1 aromatic rings. The molecule has 15 heavy (non-hydrogen) atoms. The van der Waals surface area contributed by atoms with Crippen molar-refractivity contribution in [3.05, 3.63) is 17.8 Å². The van der Waals surface area contributed by atoms with Gasteiger partial charge in [-0.3, -0.25) is 0 Å². The fourth-order valence-corrected chi connectivity index (χ4v) is 1.41. The van der Waals surface area contributed by atoms with Crippen LogP contribution in [-0.4, -0.2) is 17.1 Å². The summed E-state index contributed by atoms with van der Waals surface area (Å²) in [6.45, 7) is 6.27. The Labute approximate surface area is 90.9 Å². The van der Waals surface area contributed by atoms with Gasteiger partial charge in [-0.15, -0.1) is 0 Å². The SMILES string of the molecule is Cc1cnc(OC2CC2)c(NC(C)C)c1. The molecule has 3 nitrogen and oxygen atoms in total. The van der Waals surface area contributed by atoms with Gasteiger partial charge in [-0.1, -0.05) is 0 Å². The van der Waals surface area contributed by atoms with Crippen molar-refractivity contribution >= 4 is 5.69 Å². The van der Waals surface area contributed by atoms with Crippen LogP contribution in [0.25, 0.3) is 0 Å². The Morgan fingerprint density at radius 3 is 2.80 bits per heavy atom. The lowest BCUT2D eigenvalue weighted by Gasteiger charge is -2.14. The molecule has 82 valence electrons. The first-order valence-electron chi connectivity index (χ1n) is 5.55. The van der Waals surface area contributed by atoms with E-state index >= 15 is 0 Å². The summed E-state index contributed by atoms with van der Waals surface area (Å²) in [5.74, 6) is 0.747. The second kappa shape index (κ2) is 4.09. The number of hydrogen-bond donors (Lipinski definition) is 1. The molecule has 0 aliphatic heterocycles. The fraction of sp³-hybridized carbons (Fsp3) is 0.583. The van der Waals surface area contributed by atoms with Gasteiger partial charge in [-0.05, 0) is 45.2 Å². The third-order valence-corrected chi connectivity index (χ3v) is 2.23. The van der Waals surface area contributed by atoms with Crippen LogP contribution in [0.3, 0.4) is 0 Å². The number of nitrogens with one attached hydrogen (secondary N) is 1. The first kappa shape index (κ1) is 10.3. The topological polar surface area (TPSA) is 34.1 Å². The maximum atomic E-state index is 5.74. The Hall–Kier alpha value is -1.25. The van der Waals surface area contributed by atoms with Crippen LogP contribution in [-0.2, 0) is 0 Å². The van der Waals surface area contributed by atoms with E-state index in [0.717, 1.165) is 30.0 Å². The van der Waals surface area contributed by atoms with Crippen molar-refractivity contribution in [2.75, 3.05) is 5.32 Å². The standard InChI is InChI=1S/C12H18N2O/c1-8(2)14-11-6-9(3)7-13-12(11)15-10-4-5-10/h6-8,10,14H,4-5H2,1-3H3. The number of nitrogens with zero attached hydrogens (tertiary/aromatic N) is 1. The van der Waals surface area contributed by atoms with Crippen LogP contribution < -0.4 is 10.1 Å². The summed E-state index contributed by atoms with van der Waals surface area (Å²) in [4.78, 5) is 4.33. The molecule has 1 saturated carbocycles. The highest BCUT2D eigenvalue weighted by molar-refractivity contribution is 5.54. The smallest absolute Gasteiger partial charge is 0.237 e. The minimum absolute atomic E-state index is 0.396. The predicted octanol–water partition coefficient (Wildman–Crippen LogP) is 2.75. The quantitative estimate of drug-likeness (QED) is 0.822. The molecule has 0 unspecified atom stereocenters. The van der Waals surface area contributed by atoms with Gasteiger partial charge >= 0.3 is 0 Å². The number of aryl methyl sites for hydroxylation is 1. The lowest BCUT2D eigenvalue weighted by molar-refractivity contribution is 0.292. The number of aromatic nitrogens is 1. The fourth-order valence-electron chi connectivity index (χ4n) is 1.41. The van der Waals surface area contributed by atoms with Crippen LogP contribution in [0.4, 0.5) is 5.69 Å². The van der Waals surface area contributed by atoms with E-state index in [0.29, 0.717) is 12.1 Å². The molecule has 2 rings (SSSR count). The summed E-state index contributed by atoms with van der Waals surface area (Å²) in [6, 6.07) is 2.49. The Morgan fingerprint density at radius 2 is 2.20 bits per heavy atom. The lowest BCUT2D eigenvalue weighted by atomic mass is 10.2. The molecule has 1 N–H and O–H groups in total. The molecule has 1 aliphatic rings. The minimum Gasteiger partial charge on any atom is -0.473 e. The highest BCUT2D eigenvalue weighted by Crippen LogP contribution is 2.30. The lowest BCUT2D eigenvalue weighted by Crippen LogP contribution is -2.12. The molecule has 1 aromatic heterocycles. The molecule has 1 fully saturated rings. The molecule has 0 radical (unpaired) electrons. The minimum atomic E-state index is 0.396. The molecule has 0 aromatic carbocycles. The van der Waals surface area contributed by atoms with Gasteiger partial charge < -0.3 is 10.1 Å². The first-order chi connectivity index (χ1) is 7.15. The monoisotopic (exact) mass is 206 g/mol. The Balaban J connectivity index is 2.17. The van der Waals surface area contributed by atoms with Gasteiger partial charge in [0.05, 0.1) is 5.69 Å². The molecule has 3 heteroatoms. The van der Waals surface area contributed by atoms with Crippen LogP contribution in [0.15, 0.2) is 12.3 Å². The summed E-state index contributed by atoms with van der Waals surface area (Å²) in [7, 11) is 0. The number of anilines is 1. The van der Waals surface area contributed by atoms with E-state index in [2.05, 4.69) is 30.2 Å². The second-order valence-corrected chi connectivity index (χ2v) is 4.48. The molecule has 0 spiro atoms. The van der Waals surface area contributed by atoms with E-state index in [-0.39, 0.29) is 0 Å². The zero-order valence-corrected chi connectivity index (χ0v) is 9.58. The number of ether oxygens (including phenoxy) is 1. The summed E-state index contributed by atoms with van der Waals surface area (Å²) in [5.41, 5.74) is 2.16. The van der Waals surface area contributed by atoms with Gasteiger partial charge in [-0.2, -0.15) is 0 Å². The number of hydrogen-bond acceptors (Lipinski definition) is 3. The van der Waals surface area contributed by atoms with Crippen molar-refractivity contribution in [2.24, 2.45) is 0 Å². The molecule has 0 atom stereocenters. The molecule has 1 aliphatic carbocycles. The number of rotatable bonds is 4. The van der Waals surface area contributed by atoms with E-state index in [9.17, 15) is 0 Å². The van der Waals surface area contributed by atoms with Crippen molar-refractivity contribution < 1.29 is 4.74 Å². The highest BCUT2D eigenvalue weighted by Gasteiger charge is 2.25. The van der Waals surface area contributed by atoms with E-state index < -0.39 is 0 Å². The van der Waals surface area contributed by atoms with E-state index in [1.54, 1.807) is 0 Å². The maximum Gasteiger partial charge on any atom is 0.237 e. The molecule has 0 bridgehead atoms. The van der Waals surface area contributed by atoms with Crippen LogP contribution in [0.2, 0.25) is 0 Å². The van der Waals surface area contributed by atoms with Crippen LogP contribution >= 0.6 is 0 Å². The van der Waals surface area contributed by atoms with Gasteiger partial charge in [0.1, 0.15) is 6.10 Å². The summed E-state index contributed by atoms with van der Waals surface area (Å²) < 4.78 is 5.74. The van der Waals surface area contributed by atoms with Crippen molar-refractivity contribution in [3.8, 4) is 5.88 Å². The van der Waals surface area contributed by atoms with Crippen molar-refractivity contribution in [1.29, 1.82) is 0 Å². The molecular weight excluding hydrogens is 188 g/mol. The zero-order valence-electron chi connectivity index (χ0n) is 9.58. The van der Waals surface area contributed by atoms with Crippen LogP contribution in [0.1, 0.15) is 32.3 Å². The number of pyridine rings is 1.